The summed E-state index contributed by atoms with van der Waals surface area (Å²) in [4.78, 5) is 12.5. The van der Waals surface area contributed by atoms with Crippen molar-refractivity contribution in [3.8, 4) is 0 Å². The van der Waals surface area contributed by atoms with Crippen LogP contribution in [-0.2, 0) is 11.8 Å². The van der Waals surface area contributed by atoms with E-state index in [1.54, 1.807) is 0 Å². The first-order chi connectivity index (χ1) is 12.1. The van der Waals surface area contributed by atoms with Crippen molar-refractivity contribution in [2.45, 2.75) is 32.6 Å². The lowest BCUT2D eigenvalue weighted by Gasteiger charge is -2.17. The van der Waals surface area contributed by atoms with Crippen LogP contribution in [0.4, 0.5) is 0 Å². The standard InChI is InChI=1S/C22H26N2O/c1-4-13-23-22(25)14-19(17-11-9-16(2)10-12-17)20-15-24(3)21-8-6-5-7-18(20)21/h5-12,15,19H,4,13-14H2,1-3H3,(H,23,25)/t19-/m1/s1. The maximum atomic E-state index is 12.5. The zero-order valence-corrected chi connectivity index (χ0v) is 15.3. The molecule has 1 aromatic heterocycles. The number of aromatic nitrogens is 1. The van der Waals surface area contributed by atoms with Crippen molar-refractivity contribution in [1.82, 2.24) is 9.88 Å². The lowest BCUT2D eigenvalue weighted by Crippen LogP contribution is -2.26. The first-order valence-electron chi connectivity index (χ1n) is 8.97. The summed E-state index contributed by atoms with van der Waals surface area (Å²) in [7, 11) is 2.06. The van der Waals surface area contributed by atoms with Crippen LogP contribution in [0.3, 0.4) is 0 Å². The summed E-state index contributed by atoms with van der Waals surface area (Å²) in [5, 5.41) is 4.24. The van der Waals surface area contributed by atoms with E-state index in [2.05, 4.69) is 85.5 Å². The first-order valence-corrected chi connectivity index (χ1v) is 8.97. The van der Waals surface area contributed by atoms with Gasteiger partial charge in [0.1, 0.15) is 0 Å². The number of hydrogen-bond acceptors (Lipinski definition) is 1. The van der Waals surface area contributed by atoms with Crippen LogP contribution in [0.5, 0.6) is 0 Å². The van der Waals surface area contributed by atoms with E-state index < -0.39 is 0 Å². The van der Waals surface area contributed by atoms with Gasteiger partial charge in [0.05, 0.1) is 0 Å². The van der Waals surface area contributed by atoms with E-state index in [0.717, 1.165) is 13.0 Å². The summed E-state index contributed by atoms with van der Waals surface area (Å²) in [5.74, 6) is 0.170. The first kappa shape index (κ1) is 17.3. The highest BCUT2D eigenvalue weighted by Crippen LogP contribution is 2.34. The number of nitrogens with one attached hydrogen (secondary N) is 1. The predicted molar refractivity (Wildman–Crippen MR) is 104 cm³/mol. The lowest BCUT2D eigenvalue weighted by atomic mass is 9.87. The molecule has 0 radical (unpaired) electrons. The molecule has 0 fully saturated rings. The van der Waals surface area contributed by atoms with Crippen molar-refractivity contribution >= 4 is 16.8 Å². The Morgan fingerprint density at radius 1 is 1.12 bits per heavy atom. The van der Waals surface area contributed by atoms with Crippen molar-refractivity contribution in [2.75, 3.05) is 6.54 Å². The molecule has 0 aliphatic rings. The third kappa shape index (κ3) is 3.76. The molecule has 0 bridgehead atoms. The molecule has 3 rings (SSSR count). The second kappa shape index (κ2) is 7.56. The molecule has 0 aliphatic heterocycles. The minimum absolute atomic E-state index is 0.0588. The molecule has 0 saturated carbocycles. The molecule has 2 aromatic carbocycles. The third-order valence-electron chi connectivity index (χ3n) is 4.74. The van der Waals surface area contributed by atoms with Gasteiger partial charge in [0, 0.05) is 43.0 Å². The van der Waals surface area contributed by atoms with Gasteiger partial charge in [-0.15, -0.1) is 0 Å². The van der Waals surface area contributed by atoms with Crippen LogP contribution in [0.1, 0.15) is 42.4 Å². The highest BCUT2D eigenvalue weighted by Gasteiger charge is 2.22. The Kier molecular flexibility index (Phi) is 5.22. The summed E-state index contributed by atoms with van der Waals surface area (Å²) < 4.78 is 2.15. The molecule has 0 aliphatic carbocycles. The number of amides is 1. The van der Waals surface area contributed by atoms with Crippen LogP contribution in [0, 0.1) is 6.92 Å². The van der Waals surface area contributed by atoms with Crippen molar-refractivity contribution in [3.05, 3.63) is 71.4 Å². The molecule has 3 heteroatoms. The molecule has 1 atom stereocenters. The van der Waals surface area contributed by atoms with E-state index in [0.29, 0.717) is 6.42 Å². The van der Waals surface area contributed by atoms with Crippen LogP contribution >= 0.6 is 0 Å². The summed E-state index contributed by atoms with van der Waals surface area (Å²) in [5.41, 5.74) is 4.83. The molecular formula is C22H26N2O. The van der Waals surface area contributed by atoms with Crippen LogP contribution in [0.25, 0.3) is 10.9 Å². The molecule has 25 heavy (non-hydrogen) atoms. The SMILES string of the molecule is CCCNC(=O)C[C@H](c1ccc(C)cc1)c1cn(C)c2ccccc12. The zero-order valence-electron chi connectivity index (χ0n) is 15.3. The quantitative estimate of drug-likeness (QED) is 0.706. The number of hydrogen-bond donors (Lipinski definition) is 1. The number of rotatable bonds is 6. The Bertz CT molecular complexity index is 861. The Balaban J connectivity index is 2.03. The van der Waals surface area contributed by atoms with E-state index in [4.69, 9.17) is 0 Å². The van der Waals surface area contributed by atoms with E-state index in [-0.39, 0.29) is 11.8 Å². The van der Waals surface area contributed by atoms with Gasteiger partial charge < -0.3 is 9.88 Å². The molecule has 0 spiro atoms. The number of aryl methyl sites for hydroxylation is 2. The minimum Gasteiger partial charge on any atom is -0.356 e. The molecule has 0 saturated heterocycles. The molecule has 0 unspecified atom stereocenters. The fraction of sp³-hybridized carbons (Fsp3) is 0.318. The van der Waals surface area contributed by atoms with Crippen LogP contribution < -0.4 is 5.32 Å². The van der Waals surface area contributed by atoms with Crippen LogP contribution in [0.2, 0.25) is 0 Å². The predicted octanol–water partition coefficient (Wildman–Crippen LogP) is 4.53. The molecule has 1 heterocycles. The molecule has 1 N–H and O–H groups in total. The molecule has 1 amide bonds. The number of benzene rings is 2. The van der Waals surface area contributed by atoms with Gasteiger partial charge in [-0.1, -0.05) is 55.0 Å². The van der Waals surface area contributed by atoms with Crippen LogP contribution in [-0.4, -0.2) is 17.0 Å². The summed E-state index contributed by atoms with van der Waals surface area (Å²) >= 11 is 0. The monoisotopic (exact) mass is 334 g/mol. The summed E-state index contributed by atoms with van der Waals surface area (Å²) in [6, 6.07) is 16.9. The van der Waals surface area contributed by atoms with Crippen molar-refractivity contribution in [3.63, 3.8) is 0 Å². The minimum atomic E-state index is 0.0588. The Morgan fingerprint density at radius 2 is 1.84 bits per heavy atom. The van der Waals surface area contributed by atoms with E-state index >= 15 is 0 Å². The van der Waals surface area contributed by atoms with Crippen molar-refractivity contribution in [2.24, 2.45) is 7.05 Å². The Labute approximate surface area is 149 Å². The fourth-order valence-corrected chi connectivity index (χ4v) is 3.38. The maximum Gasteiger partial charge on any atom is 0.220 e. The smallest absolute Gasteiger partial charge is 0.220 e. The second-order valence-corrected chi connectivity index (χ2v) is 6.73. The maximum absolute atomic E-state index is 12.5. The summed E-state index contributed by atoms with van der Waals surface area (Å²) in [6.45, 7) is 4.89. The van der Waals surface area contributed by atoms with Crippen molar-refractivity contribution in [1.29, 1.82) is 0 Å². The number of carbonyl (C=O) groups is 1. The molecular weight excluding hydrogens is 308 g/mol. The molecule has 130 valence electrons. The van der Waals surface area contributed by atoms with Gasteiger partial charge in [-0.3, -0.25) is 4.79 Å². The number of carbonyl (C=O) groups excluding carboxylic acids is 1. The fourth-order valence-electron chi connectivity index (χ4n) is 3.38. The van der Waals surface area contributed by atoms with Gasteiger partial charge in [0.25, 0.3) is 0 Å². The second-order valence-electron chi connectivity index (χ2n) is 6.73. The largest absolute Gasteiger partial charge is 0.356 e. The van der Waals surface area contributed by atoms with Gasteiger partial charge in [0.15, 0.2) is 0 Å². The van der Waals surface area contributed by atoms with Gasteiger partial charge in [-0.2, -0.15) is 0 Å². The number of nitrogens with zero attached hydrogens (tertiary/aromatic N) is 1. The van der Waals surface area contributed by atoms with E-state index in [9.17, 15) is 4.79 Å². The average Bonchev–Trinajstić information content (AvgIpc) is 2.96. The highest BCUT2D eigenvalue weighted by molar-refractivity contribution is 5.86. The topological polar surface area (TPSA) is 34.0 Å². The lowest BCUT2D eigenvalue weighted by molar-refractivity contribution is -0.121. The van der Waals surface area contributed by atoms with E-state index in [1.807, 2.05) is 0 Å². The third-order valence-corrected chi connectivity index (χ3v) is 4.74. The number of para-hydroxylation sites is 1. The normalized spacial score (nSPS) is 12.3. The molecule has 3 nitrogen and oxygen atoms in total. The van der Waals surface area contributed by atoms with Gasteiger partial charge >= 0.3 is 0 Å². The van der Waals surface area contributed by atoms with E-state index in [1.165, 1.54) is 27.6 Å². The Hall–Kier alpha value is -2.55. The van der Waals surface area contributed by atoms with Gasteiger partial charge in [0.2, 0.25) is 5.91 Å². The van der Waals surface area contributed by atoms with Crippen LogP contribution in [0.15, 0.2) is 54.7 Å². The highest BCUT2D eigenvalue weighted by atomic mass is 16.1. The average molecular weight is 334 g/mol. The summed E-state index contributed by atoms with van der Waals surface area (Å²) in [6.07, 6.45) is 3.59. The van der Waals surface area contributed by atoms with Gasteiger partial charge in [-0.05, 0) is 30.5 Å². The Morgan fingerprint density at radius 3 is 2.56 bits per heavy atom. The van der Waals surface area contributed by atoms with Gasteiger partial charge in [-0.25, -0.2) is 0 Å². The number of fused-ring (bicyclic) bond motifs is 1. The van der Waals surface area contributed by atoms with Crippen molar-refractivity contribution < 1.29 is 4.79 Å². The molecule has 3 aromatic rings. The zero-order chi connectivity index (χ0) is 17.8.